The van der Waals surface area contributed by atoms with Gasteiger partial charge in [0.1, 0.15) is 5.69 Å². The fourth-order valence-corrected chi connectivity index (χ4v) is 2.00. The number of aromatic nitrogens is 4. The van der Waals surface area contributed by atoms with Crippen LogP contribution in [0, 0.1) is 0 Å². The molecule has 0 saturated carbocycles. The van der Waals surface area contributed by atoms with Crippen molar-refractivity contribution in [3.05, 3.63) is 36.2 Å². The summed E-state index contributed by atoms with van der Waals surface area (Å²) in [5.74, 6) is -0.684. The lowest BCUT2D eigenvalue weighted by Gasteiger charge is -2.18. The highest BCUT2D eigenvalue weighted by Gasteiger charge is 2.17. The van der Waals surface area contributed by atoms with Crippen LogP contribution in [0.1, 0.15) is 48.7 Å². The molecule has 130 valence electrons. The number of hydrogen-bond acceptors (Lipinski definition) is 5. The Balaban J connectivity index is 1.85. The first-order chi connectivity index (χ1) is 11.3. The summed E-state index contributed by atoms with van der Waals surface area (Å²) in [5.41, 5.74) is 0.466. The minimum Gasteiger partial charge on any atom is -0.461 e. The Kier molecular flexibility index (Phi) is 5.38. The summed E-state index contributed by atoms with van der Waals surface area (Å²) < 4.78 is 8.35. The predicted molar refractivity (Wildman–Crippen MR) is 87.7 cm³/mol. The van der Waals surface area contributed by atoms with E-state index in [-0.39, 0.29) is 17.1 Å². The van der Waals surface area contributed by atoms with Crippen molar-refractivity contribution < 1.29 is 14.3 Å². The maximum atomic E-state index is 12.1. The number of rotatable bonds is 6. The monoisotopic (exact) mass is 333 g/mol. The number of carbonyl (C=O) groups excluding carboxylic acids is 2. The minimum absolute atomic E-state index is 0.168. The highest BCUT2D eigenvalue weighted by Crippen LogP contribution is 2.12. The maximum Gasteiger partial charge on any atom is 0.358 e. The molecule has 2 heterocycles. The van der Waals surface area contributed by atoms with Gasteiger partial charge < -0.3 is 14.6 Å². The molecular weight excluding hydrogens is 310 g/mol. The van der Waals surface area contributed by atoms with Gasteiger partial charge >= 0.3 is 5.97 Å². The van der Waals surface area contributed by atoms with E-state index in [2.05, 4.69) is 15.4 Å². The second-order valence-corrected chi connectivity index (χ2v) is 6.29. The fourth-order valence-electron chi connectivity index (χ4n) is 2.00. The molecule has 0 unspecified atom stereocenters. The molecule has 0 aliphatic heterocycles. The number of ether oxygens (including phenoxy) is 1. The van der Waals surface area contributed by atoms with Gasteiger partial charge in [0.25, 0.3) is 5.91 Å². The van der Waals surface area contributed by atoms with Crippen LogP contribution in [-0.4, -0.2) is 44.4 Å². The van der Waals surface area contributed by atoms with Gasteiger partial charge in [0.15, 0.2) is 5.69 Å². The first-order valence-electron chi connectivity index (χ1n) is 7.84. The summed E-state index contributed by atoms with van der Waals surface area (Å²) in [7, 11) is 0. The number of nitrogens with zero attached hydrogens (tertiary/aromatic N) is 4. The third-order valence-corrected chi connectivity index (χ3v) is 3.28. The number of carbonyl (C=O) groups is 2. The molecule has 0 radical (unpaired) electrons. The zero-order valence-electron chi connectivity index (χ0n) is 14.4. The van der Waals surface area contributed by atoms with Crippen molar-refractivity contribution in [1.82, 2.24) is 24.6 Å². The van der Waals surface area contributed by atoms with E-state index in [0.717, 1.165) is 0 Å². The highest BCUT2D eigenvalue weighted by molar-refractivity contribution is 5.92. The van der Waals surface area contributed by atoms with E-state index in [4.69, 9.17) is 4.74 Å². The van der Waals surface area contributed by atoms with E-state index < -0.39 is 5.97 Å². The second kappa shape index (κ2) is 7.29. The van der Waals surface area contributed by atoms with Gasteiger partial charge in [-0.25, -0.2) is 9.78 Å². The smallest absolute Gasteiger partial charge is 0.358 e. The average Bonchev–Trinajstić information content (AvgIpc) is 3.16. The third kappa shape index (κ3) is 4.43. The molecule has 0 aliphatic carbocycles. The largest absolute Gasteiger partial charge is 0.461 e. The van der Waals surface area contributed by atoms with E-state index in [9.17, 15) is 9.59 Å². The fraction of sp³-hybridized carbons (Fsp3) is 0.500. The van der Waals surface area contributed by atoms with Crippen LogP contribution >= 0.6 is 0 Å². The van der Waals surface area contributed by atoms with E-state index in [1.165, 1.54) is 6.33 Å². The quantitative estimate of drug-likeness (QED) is 0.808. The molecule has 2 rings (SSSR count). The standard InChI is InChI=1S/C16H23N5O3/c1-5-24-15(23)13-10-20(11-18-13)9-7-17-14(22)12-6-8-21(19-12)16(2,3)4/h6,8,10-11H,5,7,9H2,1-4H3,(H,17,22). The molecule has 0 fully saturated rings. The van der Waals surface area contributed by atoms with E-state index in [0.29, 0.717) is 25.4 Å². The lowest BCUT2D eigenvalue weighted by molar-refractivity contribution is 0.0519. The molecule has 0 aliphatic rings. The van der Waals surface area contributed by atoms with Crippen LogP contribution in [0.5, 0.6) is 0 Å². The Hall–Kier alpha value is -2.64. The topological polar surface area (TPSA) is 91.0 Å². The Morgan fingerprint density at radius 1 is 1.29 bits per heavy atom. The van der Waals surface area contributed by atoms with E-state index in [1.54, 1.807) is 34.6 Å². The van der Waals surface area contributed by atoms with Crippen molar-refractivity contribution in [3.8, 4) is 0 Å². The highest BCUT2D eigenvalue weighted by atomic mass is 16.5. The minimum atomic E-state index is -0.451. The van der Waals surface area contributed by atoms with E-state index >= 15 is 0 Å². The molecule has 2 aromatic heterocycles. The van der Waals surface area contributed by atoms with Gasteiger partial charge in [0.2, 0.25) is 0 Å². The molecule has 0 bridgehead atoms. The molecule has 8 heteroatoms. The number of hydrogen-bond donors (Lipinski definition) is 1. The molecule has 0 aromatic carbocycles. The van der Waals surface area contributed by atoms with Gasteiger partial charge in [-0.05, 0) is 33.8 Å². The van der Waals surface area contributed by atoms with Crippen LogP contribution in [0.2, 0.25) is 0 Å². The molecule has 8 nitrogen and oxygen atoms in total. The van der Waals surface area contributed by atoms with Crippen LogP contribution < -0.4 is 5.32 Å². The summed E-state index contributed by atoms with van der Waals surface area (Å²) in [4.78, 5) is 27.6. The summed E-state index contributed by atoms with van der Waals surface area (Å²) in [5, 5.41) is 7.08. The molecule has 1 N–H and O–H groups in total. The van der Waals surface area contributed by atoms with Gasteiger partial charge in [0, 0.05) is 25.5 Å². The summed E-state index contributed by atoms with van der Waals surface area (Å²) >= 11 is 0. The third-order valence-electron chi connectivity index (χ3n) is 3.28. The zero-order valence-corrected chi connectivity index (χ0v) is 14.4. The van der Waals surface area contributed by atoms with Gasteiger partial charge in [-0.3, -0.25) is 9.48 Å². The van der Waals surface area contributed by atoms with Crippen LogP contribution in [0.3, 0.4) is 0 Å². The van der Waals surface area contributed by atoms with Crippen LogP contribution in [0.25, 0.3) is 0 Å². The Morgan fingerprint density at radius 2 is 2.04 bits per heavy atom. The number of amides is 1. The number of nitrogens with one attached hydrogen (secondary N) is 1. The molecule has 1 amide bonds. The van der Waals surface area contributed by atoms with Gasteiger partial charge in [-0.15, -0.1) is 0 Å². The molecular formula is C16H23N5O3. The SMILES string of the molecule is CCOC(=O)c1cn(CCNC(=O)c2ccn(C(C)(C)C)n2)cn1. The average molecular weight is 333 g/mol. The van der Waals surface area contributed by atoms with Crippen LogP contribution in [0.4, 0.5) is 0 Å². The normalized spacial score (nSPS) is 11.3. The van der Waals surface area contributed by atoms with Crippen molar-refractivity contribution in [2.24, 2.45) is 0 Å². The van der Waals surface area contributed by atoms with Gasteiger partial charge in [-0.1, -0.05) is 0 Å². The van der Waals surface area contributed by atoms with Crippen molar-refractivity contribution >= 4 is 11.9 Å². The Labute approximate surface area is 140 Å². The van der Waals surface area contributed by atoms with Crippen molar-refractivity contribution in [3.63, 3.8) is 0 Å². The Morgan fingerprint density at radius 3 is 2.67 bits per heavy atom. The Bertz CT molecular complexity index is 711. The van der Waals surface area contributed by atoms with Crippen molar-refractivity contribution in [2.75, 3.05) is 13.2 Å². The molecule has 2 aromatic rings. The van der Waals surface area contributed by atoms with Gasteiger partial charge in [-0.2, -0.15) is 5.10 Å². The van der Waals surface area contributed by atoms with Crippen LogP contribution in [-0.2, 0) is 16.8 Å². The number of imidazole rings is 1. The first-order valence-corrected chi connectivity index (χ1v) is 7.84. The zero-order chi connectivity index (χ0) is 17.7. The molecule has 0 saturated heterocycles. The first kappa shape index (κ1) is 17.7. The maximum absolute atomic E-state index is 12.1. The summed E-state index contributed by atoms with van der Waals surface area (Å²) in [6.45, 7) is 9.00. The lowest BCUT2D eigenvalue weighted by Crippen LogP contribution is -2.28. The predicted octanol–water partition coefficient (Wildman–Crippen LogP) is 1.44. The van der Waals surface area contributed by atoms with E-state index in [1.807, 2.05) is 20.8 Å². The van der Waals surface area contributed by atoms with Crippen molar-refractivity contribution in [2.45, 2.75) is 39.8 Å². The molecule has 24 heavy (non-hydrogen) atoms. The molecule has 0 atom stereocenters. The summed E-state index contributed by atoms with van der Waals surface area (Å²) in [6.07, 6.45) is 4.92. The van der Waals surface area contributed by atoms with Gasteiger partial charge in [0.05, 0.1) is 18.5 Å². The molecule has 0 spiro atoms. The summed E-state index contributed by atoms with van der Waals surface area (Å²) in [6, 6.07) is 1.69. The number of esters is 1. The second-order valence-electron chi connectivity index (χ2n) is 6.29. The lowest BCUT2D eigenvalue weighted by atomic mass is 10.1. The van der Waals surface area contributed by atoms with Crippen molar-refractivity contribution in [1.29, 1.82) is 0 Å². The van der Waals surface area contributed by atoms with Crippen LogP contribution in [0.15, 0.2) is 24.8 Å².